The Morgan fingerprint density at radius 2 is 1.90 bits per heavy atom. The first kappa shape index (κ1) is 14.8. The van der Waals surface area contributed by atoms with Crippen LogP contribution in [0.15, 0.2) is 42.5 Å². The van der Waals surface area contributed by atoms with Gasteiger partial charge in [-0.2, -0.15) is 0 Å². The number of anilines is 1. The average Bonchev–Trinajstić information content (AvgIpc) is 2.44. The predicted molar refractivity (Wildman–Crippen MR) is 82.1 cm³/mol. The number of nitrogens with two attached hydrogens (primary N) is 1. The lowest BCUT2D eigenvalue weighted by Crippen LogP contribution is -2.22. The van der Waals surface area contributed by atoms with Crippen LogP contribution in [0.3, 0.4) is 0 Å². The van der Waals surface area contributed by atoms with Gasteiger partial charge in [0.05, 0.1) is 5.02 Å². The number of benzene rings is 2. The second-order valence-corrected chi connectivity index (χ2v) is 5.16. The second-order valence-electron chi connectivity index (χ2n) is 4.75. The number of rotatable bonds is 5. The predicted octanol–water partition coefficient (Wildman–Crippen LogP) is 4.08. The molecule has 2 nitrogen and oxygen atoms in total. The van der Waals surface area contributed by atoms with Crippen molar-refractivity contribution in [3.05, 3.63) is 64.4 Å². The minimum atomic E-state index is -0.376. The molecular weight excluding hydrogens is 275 g/mol. The maximum atomic E-state index is 13.5. The van der Waals surface area contributed by atoms with Gasteiger partial charge in [-0.25, -0.2) is 4.39 Å². The highest BCUT2D eigenvalue weighted by Crippen LogP contribution is 2.19. The first-order chi connectivity index (χ1) is 9.60. The van der Waals surface area contributed by atoms with Crippen LogP contribution >= 0.6 is 11.6 Å². The summed E-state index contributed by atoms with van der Waals surface area (Å²) in [6, 6.07) is 12.7. The summed E-state index contributed by atoms with van der Waals surface area (Å²) in [5, 5.41) is 0.157. The van der Waals surface area contributed by atoms with Gasteiger partial charge < -0.3 is 5.73 Å². The molecule has 0 spiro atoms. The van der Waals surface area contributed by atoms with Crippen LogP contribution in [0.4, 0.5) is 10.1 Å². The van der Waals surface area contributed by atoms with E-state index in [0.29, 0.717) is 6.54 Å². The van der Waals surface area contributed by atoms with Gasteiger partial charge in [-0.15, -0.1) is 0 Å². The van der Waals surface area contributed by atoms with Gasteiger partial charge in [-0.1, -0.05) is 42.8 Å². The number of halogens is 2. The monoisotopic (exact) mass is 292 g/mol. The van der Waals surface area contributed by atoms with Crippen LogP contribution in [0.25, 0.3) is 0 Å². The Hall–Kier alpha value is -1.58. The fourth-order valence-corrected chi connectivity index (χ4v) is 2.21. The van der Waals surface area contributed by atoms with Crippen molar-refractivity contribution in [2.45, 2.75) is 20.0 Å². The standard InChI is InChI=1S/C16H18ClFN2/c1-2-20(11-13-5-3-4-6-16(13)19)10-12-7-8-14(17)15(18)9-12/h3-9H,2,10-11,19H2,1H3. The summed E-state index contributed by atoms with van der Waals surface area (Å²) in [7, 11) is 0. The minimum Gasteiger partial charge on any atom is -0.398 e. The summed E-state index contributed by atoms with van der Waals surface area (Å²) < 4.78 is 13.5. The molecule has 0 radical (unpaired) electrons. The molecule has 0 aromatic heterocycles. The molecule has 106 valence electrons. The Morgan fingerprint density at radius 3 is 2.55 bits per heavy atom. The Labute approximate surface area is 124 Å². The molecule has 0 aliphatic rings. The fourth-order valence-electron chi connectivity index (χ4n) is 2.09. The van der Waals surface area contributed by atoms with Gasteiger partial charge in [0.2, 0.25) is 0 Å². The Bertz CT molecular complexity index is 586. The van der Waals surface area contributed by atoms with Crippen molar-refractivity contribution >= 4 is 17.3 Å². The number of hydrogen-bond acceptors (Lipinski definition) is 2. The van der Waals surface area contributed by atoms with Crippen LogP contribution in [-0.4, -0.2) is 11.4 Å². The lowest BCUT2D eigenvalue weighted by atomic mass is 10.1. The summed E-state index contributed by atoms with van der Waals surface area (Å²) in [5.74, 6) is -0.376. The molecule has 0 unspecified atom stereocenters. The highest BCUT2D eigenvalue weighted by molar-refractivity contribution is 6.30. The molecule has 0 aliphatic carbocycles. The van der Waals surface area contributed by atoms with Gasteiger partial charge in [0.25, 0.3) is 0 Å². The van der Waals surface area contributed by atoms with E-state index in [0.717, 1.165) is 29.9 Å². The largest absolute Gasteiger partial charge is 0.398 e. The van der Waals surface area contributed by atoms with Gasteiger partial charge >= 0.3 is 0 Å². The van der Waals surface area contributed by atoms with Gasteiger partial charge in [-0.05, 0) is 35.9 Å². The molecule has 0 aliphatic heterocycles. The average molecular weight is 293 g/mol. The Balaban J connectivity index is 2.09. The van der Waals surface area contributed by atoms with E-state index in [4.69, 9.17) is 17.3 Å². The summed E-state index contributed by atoms with van der Waals surface area (Å²) in [4.78, 5) is 2.20. The molecular formula is C16H18ClFN2. The van der Waals surface area contributed by atoms with E-state index >= 15 is 0 Å². The van der Waals surface area contributed by atoms with Gasteiger partial charge in [0.15, 0.2) is 0 Å². The maximum Gasteiger partial charge on any atom is 0.142 e. The van der Waals surface area contributed by atoms with E-state index in [9.17, 15) is 4.39 Å². The molecule has 2 rings (SSSR count). The van der Waals surface area contributed by atoms with Crippen LogP contribution in [0.1, 0.15) is 18.1 Å². The molecule has 0 bridgehead atoms. The van der Waals surface area contributed by atoms with E-state index in [1.165, 1.54) is 6.07 Å². The molecule has 0 heterocycles. The zero-order valence-corrected chi connectivity index (χ0v) is 12.2. The molecule has 4 heteroatoms. The highest BCUT2D eigenvalue weighted by atomic mass is 35.5. The number of nitrogen functional groups attached to an aromatic ring is 1. The first-order valence-corrected chi connectivity index (χ1v) is 6.97. The second kappa shape index (κ2) is 6.73. The van der Waals surface area contributed by atoms with Crippen LogP contribution < -0.4 is 5.73 Å². The number of nitrogens with zero attached hydrogens (tertiary/aromatic N) is 1. The Kier molecular flexibility index (Phi) is 4.99. The molecule has 2 aromatic carbocycles. The molecule has 0 saturated carbocycles. The van der Waals surface area contributed by atoms with Gasteiger partial charge in [0, 0.05) is 18.8 Å². The zero-order chi connectivity index (χ0) is 14.5. The highest BCUT2D eigenvalue weighted by Gasteiger charge is 2.08. The van der Waals surface area contributed by atoms with Crippen molar-refractivity contribution in [3.8, 4) is 0 Å². The third-order valence-electron chi connectivity index (χ3n) is 3.29. The van der Waals surface area contributed by atoms with Gasteiger partial charge in [0.1, 0.15) is 5.82 Å². The van der Waals surface area contributed by atoms with Crippen molar-refractivity contribution in [2.24, 2.45) is 0 Å². The summed E-state index contributed by atoms with van der Waals surface area (Å²) >= 11 is 5.70. The lowest BCUT2D eigenvalue weighted by Gasteiger charge is -2.21. The maximum absolute atomic E-state index is 13.5. The summed E-state index contributed by atoms with van der Waals surface area (Å²) in [6.45, 7) is 4.34. The minimum absolute atomic E-state index is 0.157. The van der Waals surface area contributed by atoms with Crippen LogP contribution in [0.5, 0.6) is 0 Å². The smallest absolute Gasteiger partial charge is 0.142 e. The van der Waals surface area contributed by atoms with Crippen LogP contribution in [0, 0.1) is 5.82 Å². The summed E-state index contributed by atoms with van der Waals surface area (Å²) in [6.07, 6.45) is 0. The van der Waals surface area contributed by atoms with Crippen LogP contribution in [0.2, 0.25) is 5.02 Å². The van der Waals surface area contributed by atoms with E-state index in [2.05, 4.69) is 11.8 Å². The normalized spacial score (nSPS) is 11.0. The molecule has 20 heavy (non-hydrogen) atoms. The molecule has 2 aromatic rings. The van der Waals surface area contributed by atoms with E-state index in [-0.39, 0.29) is 10.8 Å². The zero-order valence-electron chi connectivity index (χ0n) is 11.4. The van der Waals surface area contributed by atoms with E-state index in [1.54, 1.807) is 6.07 Å². The third kappa shape index (κ3) is 3.71. The lowest BCUT2D eigenvalue weighted by molar-refractivity contribution is 0.271. The van der Waals surface area contributed by atoms with Crippen molar-refractivity contribution < 1.29 is 4.39 Å². The number of hydrogen-bond donors (Lipinski definition) is 1. The third-order valence-corrected chi connectivity index (χ3v) is 3.59. The quantitative estimate of drug-likeness (QED) is 0.841. The first-order valence-electron chi connectivity index (χ1n) is 6.59. The summed E-state index contributed by atoms with van der Waals surface area (Å²) in [5.41, 5.74) is 8.73. The number of para-hydroxylation sites is 1. The molecule has 0 amide bonds. The fraction of sp³-hybridized carbons (Fsp3) is 0.250. The van der Waals surface area contributed by atoms with Crippen LogP contribution in [-0.2, 0) is 13.1 Å². The van der Waals surface area contributed by atoms with Crippen molar-refractivity contribution in [1.82, 2.24) is 4.90 Å². The van der Waals surface area contributed by atoms with E-state index in [1.807, 2.05) is 30.3 Å². The Morgan fingerprint density at radius 1 is 1.15 bits per heavy atom. The molecule has 2 N–H and O–H groups in total. The molecule has 0 atom stereocenters. The molecule has 0 saturated heterocycles. The van der Waals surface area contributed by atoms with Gasteiger partial charge in [-0.3, -0.25) is 4.90 Å². The van der Waals surface area contributed by atoms with Crippen molar-refractivity contribution in [3.63, 3.8) is 0 Å². The van der Waals surface area contributed by atoms with Crippen molar-refractivity contribution in [2.75, 3.05) is 12.3 Å². The van der Waals surface area contributed by atoms with E-state index < -0.39 is 0 Å². The van der Waals surface area contributed by atoms with Crippen molar-refractivity contribution in [1.29, 1.82) is 0 Å². The molecule has 0 fully saturated rings. The topological polar surface area (TPSA) is 29.3 Å². The SMILES string of the molecule is CCN(Cc1ccc(Cl)c(F)c1)Cc1ccccc1N.